The van der Waals surface area contributed by atoms with E-state index in [2.05, 4.69) is 17.3 Å². The fraction of sp³-hybridized carbons (Fsp3) is 0.600. The highest BCUT2D eigenvalue weighted by molar-refractivity contribution is 5.38. The number of hydrogen-bond donors (Lipinski definition) is 1. The summed E-state index contributed by atoms with van der Waals surface area (Å²) in [5.74, 6) is 1.65. The lowest BCUT2D eigenvalue weighted by molar-refractivity contribution is 0.197. The third kappa shape index (κ3) is 6.23. The van der Waals surface area contributed by atoms with Crippen molar-refractivity contribution in [1.29, 1.82) is 0 Å². The molecule has 0 fully saturated rings. The van der Waals surface area contributed by atoms with E-state index >= 15 is 0 Å². The summed E-state index contributed by atoms with van der Waals surface area (Å²) >= 11 is 0. The van der Waals surface area contributed by atoms with Crippen LogP contribution in [0.5, 0.6) is 11.5 Å². The Labute approximate surface area is 121 Å². The van der Waals surface area contributed by atoms with Crippen molar-refractivity contribution in [3.8, 4) is 11.5 Å². The molecule has 0 saturated carbocycles. The van der Waals surface area contributed by atoms with E-state index in [0.717, 1.165) is 44.3 Å². The summed E-state index contributed by atoms with van der Waals surface area (Å²) in [7, 11) is 7.15. The average Bonchev–Trinajstić information content (AvgIpc) is 2.46. The Hall–Kier alpha value is -1.30. The largest absolute Gasteiger partial charge is 0.497 e. The predicted octanol–water partition coefficient (Wildman–Crippen LogP) is 1.37. The summed E-state index contributed by atoms with van der Waals surface area (Å²) in [4.78, 5) is 2.26. The van der Waals surface area contributed by atoms with E-state index in [1.165, 1.54) is 5.56 Å². The van der Waals surface area contributed by atoms with Gasteiger partial charge in [0.2, 0.25) is 0 Å². The summed E-state index contributed by atoms with van der Waals surface area (Å²) < 4.78 is 15.6. The number of ether oxygens (including phenoxy) is 3. The zero-order chi connectivity index (χ0) is 14.8. The van der Waals surface area contributed by atoms with Crippen LogP contribution in [-0.2, 0) is 11.3 Å². The van der Waals surface area contributed by atoms with Crippen molar-refractivity contribution in [2.45, 2.75) is 6.54 Å². The Bertz CT molecular complexity index is 363. The van der Waals surface area contributed by atoms with Gasteiger partial charge in [-0.25, -0.2) is 0 Å². The number of rotatable bonds is 10. The van der Waals surface area contributed by atoms with Gasteiger partial charge in [-0.2, -0.15) is 0 Å². The first kappa shape index (κ1) is 16.8. The van der Waals surface area contributed by atoms with Crippen molar-refractivity contribution in [2.75, 3.05) is 54.6 Å². The lowest BCUT2D eigenvalue weighted by atomic mass is 10.2. The summed E-state index contributed by atoms with van der Waals surface area (Å²) in [6.45, 7) is 4.41. The second-order valence-electron chi connectivity index (χ2n) is 4.70. The van der Waals surface area contributed by atoms with Crippen LogP contribution in [0, 0.1) is 0 Å². The van der Waals surface area contributed by atoms with E-state index < -0.39 is 0 Å². The quantitative estimate of drug-likeness (QED) is 0.657. The summed E-state index contributed by atoms with van der Waals surface area (Å²) in [5, 5.41) is 3.33. The number of benzene rings is 1. The number of hydrogen-bond acceptors (Lipinski definition) is 5. The first-order valence-corrected chi connectivity index (χ1v) is 6.79. The van der Waals surface area contributed by atoms with E-state index in [1.54, 1.807) is 21.3 Å². The van der Waals surface area contributed by atoms with Crippen molar-refractivity contribution >= 4 is 0 Å². The zero-order valence-corrected chi connectivity index (χ0v) is 12.9. The minimum atomic E-state index is 0.747. The fourth-order valence-electron chi connectivity index (χ4n) is 1.92. The van der Waals surface area contributed by atoms with Crippen LogP contribution in [0.15, 0.2) is 18.2 Å². The molecule has 0 aliphatic carbocycles. The third-order valence-electron chi connectivity index (χ3n) is 3.02. The summed E-state index contributed by atoms with van der Waals surface area (Å²) in [6.07, 6.45) is 0. The van der Waals surface area contributed by atoms with Gasteiger partial charge >= 0.3 is 0 Å². The number of methoxy groups -OCH3 is 3. The SMILES string of the molecule is COCCNCCN(C)Cc1cc(OC)cc(OC)c1. The third-order valence-corrected chi connectivity index (χ3v) is 3.02. The Balaban J connectivity index is 2.42. The van der Waals surface area contributed by atoms with Crippen molar-refractivity contribution in [3.63, 3.8) is 0 Å². The van der Waals surface area contributed by atoms with Gasteiger partial charge in [0.1, 0.15) is 11.5 Å². The lowest BCUT2D eigenvalue weighted by Crippen LogP contribution is -2.30. The molecule has 1 aromatic carbocycles. The maximum Gasteiger partial charge on any atom is 0.122 e. The van der Waals surface area contributed by atoms with Crippen LogP contribution in [0.2, 0.25) is 0 Å². The van der Waals surface area contributed by atoms with Crippen molar-refractivity contribution < 1.29 is 14.2 Å². The molecule has 0 unspecified atom stereocenters. The molecule has 0 heterocycles. The molecule has 114 valence electrons. The smallest absolute Gasteiger partial charge is 0.122 e. The van der Waals surface area contributed by atoms with Crippen LogP contribution >= 0.6 is 0 Å². The molecule has 5 heteroatoms. The molecule has 0 aliphatic heterocycles. The van der Waals surface area contributed by atoms with Gasteiger partial charge in [0, 0.05) is 39.4 Å². The molecule has 1 rings (SSSR count). The van der Waals surface area contributed by atoms with Gasteiger partial charge in [-0.05, 0) is 24.7 Å². The Morgan fingerprint density at radius 1 is 1.00 bits per heavy atom. The van der Waals surface area contributed by atoms with Gasteiger partial charge in [-0.3, -0.25) is 0 Å². The summed E-state index contributed by atoms with van der Waals surface area (Å²) in [6, 6.07) is 5.96. The molecule has 0 amide bonds. The van der Waals surface area contributed by atoms with Crippen LogP contribution in [0.1, 0.15) is 5.56 Å². The van der Waals surface area contributed by atoms with Crippen molar-refractivity contribution in [3.05, 3.63) is 23.8 Å². The maximum absolute atomic E-state index is 5.28. The van der Waals surface area contributed by atoms with E-state index in [-0.39, 0.29) is 0 Å². The topological polar surface area (TPSA) is 43.0 Å². The van der Waals surface area contributed by atoms with Gasteiger partial charge in [0.05, 0.1) is 20.8 Å². The highest BCUT2D eigenvalue weighted by Crippen LogP contribution is 2.23. The lowest BCUT2D eigenvalue weighted by Gasteiger charge is -2.18. The Morgan fingerprint density at radius 2 is 1.65 bits per heavy atom. The van der Waals surface area contributed by atoms with Gasteiger partial charge in [0.15, 0.2) is 0 Å². The maximum atomic E-state index is 5.28. The Morgan fingerprint density at radius 3 is 2.20 bits per heavy atom. The minimum Gasteiger partial charge on any atom is -0.497 e. The molecule has 0 spiro atoms. The second-order valence-corrected chi connectivity index (χ2v) is 4.70. The zero-order valence-electron chi connectivity index (χ0n) is 12.9. The molecule has 1 aromatic rings. The second kappa shape index (κ2) is 9.58. The van der Waals surface area contributed by atoms with Crippen LogP contribution < -0.4 is 14.8 Å². The molecular weight excluding hydrogens is 256 g/mol. The van der Waals surface area contributed by atoms with E-state index in [1.807, 2.05) is 18.2 Å². The number of likely N-dealkylation sites (N-methyl/N-ethyl adjacent to an activating group) is 1. The highest BCUT2D eigenvalue weighted by Gasteiger charge is 2.05. The monoisotopic (exact) mass is 282 g/mol. The van der Waals surface area contributed by atoms with Crippen LogP contribution in [0.25, 0.3) is 0 Å². The van der Waals surface area contributed by atoms with Gasteiger partial charge in [-0.15, -0.1) is 0 Å². The predicted molar refractivity (Wildman–Crippen MR) is 80.6 cm³/mol. The number of nitrogens with one attached hydrogen (secondary N) is 1. The van der Waals surface area contributed by atoms with Gasteiger partial charge in [0.25, 0.3) is 0 Å². The van der Waals surface area contributed by atoms with Crippen LogP contribution in [-0.4, -0.2) is 59.5 Å². The van der Waals surface area contributed by atoms with Crippen LogP contribution in [0.3, 0.4) is 0 Å². The highest BCUT2D eigenvalue weighted by atomic mass is 16.5. The molecule has 0 aromatic heterocycles. The fourth-order valence-corrected chi connectivity index (χ4v) is 1.92. The molecular formula is C15H26N2O3. The van der Waals surface area contributed by atoms with Gasteiger partial charge in [-0.1, -0.05) is 0 Å². The normalized spacial score (nSPS) is 10.8. The number of nitrogens with zero attached hydrogens (tertiary/aromatic N) is 1. The first-order valence-electron chi connectivity index (χ1n) is 6.79. The standard InChI is InChI=1S/C15H26N2O3/c1-17(7-5-16-6-8-18-2)12-13-9-14(19-3)11-15(10-13)20-4/h9-11,16H,5-8,12H2,1-4H3. The van der Waals surface area contributed by atoms with E-state index in [0.29, 0.717) is 0 Å². The molecule has 0 bridgehead atoms. The summed E-state index contributed by atoms with van der Waals surface area (Å²) in [5.41, 5.74) is 1.18. The van der Waals surface area contributed by atoms with E-state index in [9.17, 15) is 0 Å². The van der Waals surface area contributed by atoms with Crippen LogP contribution in [0.4, 0.5) is 0 Å². The average molecular weight is 282 g/mol. The first-order chi connectivity index (χ1) is 9.69. The molecule has 0 radical (unpaired) electrons. The molecule has 20 heavy (non-hydrogen) atoms. The molecule has 0 atom stereocenters. The van der Waals surface area contributed by atoms with Gasteiger partial charge < -0.3 is 24.4 Å². The minimum absolute atomic E-state index is 0.747. The van der Waals surface area contributed by atoms with Crippen molar-refractivity contribution in [1.82, 2.24) is 10.2 Å². The van der Waals surface area contributed by atoms with E-state index in [4.69, 9.17) is 14.2 Å². The molecule has 0 saturated heterocycles. The molecule has 5 nitrogen and oxygen atoms in total. The van der Waals surface area contributed by atoms with Crippen molar-refractivity contribution in [2.24, 2.45) is 0 Å². The Kier molecular flexibility index (Phi) is 8.02. The molecule has 1 N–H and O–H groups in total. The molecule has 0 aliphatic rings.